The van der Waals surface area contributed by atoms with Crippen LogP contribution in [0.4, 0.5) is 0 Å². The fraction of sp³-hybridized carbons (Fsp3) is 0.750. The van der Waals surface area contributed by atoms with Gasteiger partial charge in [-0.3, -0.25) is 4.90 Å². The Hall–Kier alpha value is -0.940. The van der Waals surface area contributed by atoms with Gasteiger partial charge in [0.1, 0.15) is 11.6 Å². The minimum absolute atomic E-state index is 0.674. The molecule has 0 aliphatic carbocycles. The summed E-state index contributed by atoms with van der Waals surface area (Å²) in [4.78, 5) is 2.13. The molecule has 0 atom stereocenters. The molecule has 0 saturated heterocycles. The molecule has 0 amide bonds. The third-order valence-corrected chi connectivity index (χ3v) is 2.10. The number of likely N-dealkylation sites (N-methyl/N-ethyl adjacent to an activating group) is 1. The Kier molecular flexibility index (Phi) is 3.39. The lowest BCUT2D eigenvalue weighted by Crippen LogP contribution is -2.26. The quantitative estimate of drug-likeness (QED) is 0.684. The fourth-order valence-corrected chi connectivity index (χ4v) is 1.13. The molecule has 1 aromatic heterocycles. The number of aromatic nitrogens is 3. The monoisotopic (exact) mass is 183 g/mol. The lowest BCUT2D eigenvalue weighted by molar-refractivity contribution is 0.323. The van der Waals surface area contributed by atoms with Crippen LogP contribution in [0.15, 0.2) is 0 Å². The lowest BCUT2D eigenvalue weighted by Gasteiger charge is -2.14. The Balaban J connectivity index is 2.58. The molecule has 1 aromatic rings. The molecule has 0 fully saturated rings. The molecule has 0 radical (unpaired) electrons. The van der Waals surface area contributed by atoms with Gasteiger partial charge in [-0.25, -0.2) is 0 Å². The zero-order valence-corrected chi connectivity index (χ0v) is 8.49. The van der Waals surface area contributed by atoms with Crippen molar-refractivity contribution in [2.75, 3.05) is 20.1 Å². The molecule has 0 saturated carbocycles. The number of nitrogens with zero attached hydrogens (tertiary/aromatic N) is 4. The minimum Gasteiger partial charge on any atom is -0.329 e. The molecule has 74 valence electrons. The molecule has 1 rings (SSSR count). The van der Waals surface area contributed by atoms with E-state index in [2.05, 4.69) is 15.1 Å². The lowest BCUT2D eigenvalue weighted by atomic mass is 10.5. The molecule has 0 aliphatic rings. The van der Waals surface area contributed by atoms with Gasteiger partial charge in [-0.15, -0.1) is 10.2 Å². The maximum atomic E-state index is 5.44. The molecular weight excluding hydrogens is 166 g/mol. The van der Waals surface area contributed by atoms with Crippen LogP contribution in [0.1, 0.15) is 11.6 Å². The van der Waals surface area contributed by atoms with Crippen LogP contribution in [0.5, 0.6) is 0 Å². The van der Waals surface area contributed by atoms with Gasteiger partial charge in [0.2, 0.25) is 0 Å². The third kappa shape index (κ3) is 2.50. The van der Waals surface area contributed by atoms with Crippen molar-refractivity contribution in [3.05, 3.63) is 11.6 Å². The average Bonchev–Trinajstić information content (AvgIpc) is 2.37. The Labute approximate surface area is 78.5 Å². The van der Waals surface area contributed by atoms with Crippen LogP contribution >= 0.6 is 0 Å². The van der Waals surface area contributed by atoms with Gasteiger partial charge in [-0.05, 0) is 14.0 Å². The van der Waals surface area contributed by atoms with Crippen molar-refractivity contribution in [1.29, 1.82) is 0 Å². The molecule has 2 N–H and O–H groups in total. The second-order valence-corrected chi connectivity index (χ2v) is 3.25. The predicted molar refractivity (Wildman–Crippen MR) is 51.1 cm³/mol. The van der Waals surface area contributed by atoms with Crippen molar-refractivity contribution in [3.8, 4) is 0 Å². The summed E-state index contributed by atoms with van der Waals surface area (Å²) in [5, 5.41) is 8.05. The summed E-state index contributed by atoms with van der Waals surface area (Å²) in [6, 6.07) is 0. The first-order valence-corrected chi connectivity index (χ1v) is 4.38. The van der Waals surface area contributed by atoms with Gasteiger partial charge < -0.3 is 10.3 Å². The summed E-state index contributed by atoms with van der Waals surface area (Å²) in [5.74, 6) is 1.92. The van der Waals surface area contributed by atoms with E-state index in [4.69, 9.17) is 5.73 Å². The zero-order chi connectivity index (χ0) is 9.84. The van der Waals surface area contributed by atoms with Crippen LogP contribution in [0.3, 0.4) is 0 Å². The van der Waals surface area contributed by atoms with Crippen LogP contribution in [0.25, 0.3) is 0 Å². The van der Waals surface area contributed by atoms with Crippen LogP contribution < -0.4 is 5.73 Å². The average molecular weight is 183 g/mol. The highest BCUT2D eigenvalue weighted by atomic mass is 15.3. The van der Waals surface area contributed by atoms with E-state index in [0.29, 0.717) is 6.54 Å². The van der Waals surface area contributed by atoms with Crippen LogP contribution in [-0.2, 0) is 13.6 Å². The van der Waals surface area contributed by atoms with Crippen molar-refractivity contribution in [3.63, 3.8) is 0 Å². The minimum atomic E-state index is 0.674. The summed E-state index contributed by atoms with van der Waals surface area (Å²) >= 11 is 0. The molecule has 1 heterocycles. The standard InChI is InChI=1S/C8H17N5/c1-7-10-11-8(13(7)3)6-12(2)5-4-9/h4-6,9H2,1-3H3. The molecule has 0 aliphatic heterocycles. The highest BCUT2D eigenvalue weighted by molar-refractivity contribution is 4.91. The number of nitrogens with two attached hydrogens (primary N) is 1. The second kappa shape index (κ2) is 4.34. The number of aryl methyl sites for hydroxylation is 1. The number of rotatable bonds is 4. The van der Waals surface area contributed by atoms with E-state index in [1.165, 1.54) is 0 Å². The van der Waals surface area contributed by atoms with Crippen LogP contribution in [0.2, 0.25) is 0 Å². The maximum Gasteiger partial charge on any atom is 0.146 e. The largest absolute Gasteiger partial charge is 0.329 e. The Morgan fingerprint density at radius 3 is 2.62 bits per heavy atom. The van der Waals surface area contributed by atoms with Gasteiger partial charge in [0.05, 0.1) is 6.54 Å². The Morgan fingerprint density at radius 2 is 2.15 bits per heavy atom. The van der Waals surface area contributed by atoms with Gasteiger partial charge in [0.15, 0.2) is 0 Å². The van der Waals surface area contributed by atoms with Gasteiger partial charge in [0.25, 0.3) is 0 Å². The highest BCUT2D eigenvalue weighted by Gasteiger charge is 2.06. The van der Waals surface area contributed by atoms with E-state index >= 15 is 0 Å². The summed E-state index contributed by atoms with van der Waals surface area (Å²) in [6.45, 7) is 4.30. The molecular formula is C8H17N5. The summed E-state index contributed by atoms with van der Waals surface area (Å²) in [6.07, 6.45) is 0. The molecule has 0 spiro atoms. The molecule has 5 heteroatoms. The van der Waals surface area contributed by atoms with E-state index < -0.39 is 0 Å². The highest BCUT2D eigenvalue weighted by Crippen LogP contribution is 2.00. The van der Waals surface area contributed by atoms with E-state index in [0.717, 1.165) is 24.7 Å². The van der Waals surface area contributed by atoms with Crippen LogP contribution in [-0.4, -0.2) is 39.8 Å². The molecule has 0 aromatic carbocycles. The second-order valence-electron chi connectivity index (χ2n) is 3.25. The number of hydrogen-bond donors (Lipinski definition) is 1. The smallest absolute Gasteiger partial charge is 0.146 e. The van der Waals surface area contributed by atoms with Crippen LogP contribution in [0, 0.1) is 6.92 Å². The van der Waals surface area contributed by atoms with E-state index in [9.17, 15) is 0 Å². The first-order chi connectivity index (χ1) is 6.15. The van der Waals surface area contributed by atoms with Crippen molar-refractivity contribution >= 4 is 0 Å². The predicted octanol–water partition coefficient (Wildman–Crippen LogP) is -0.486. The third-order valence-electron chi connectivity index (χ3n) is 2.10. The van der Waals surface area contributed by atoms with Crippen molar-refractivity contribution < 1.29 is 0 Å². The van der Waals surface area contributed by atoms with Crippen molar-refractivity contribution in [2.24, 2.45) is 12.8 Å². The van der Waals surface area contributed by atoms with E-state index in [-0.39, 0.29) is 0 Å². The maximum absolute atomic E-state index is 5.44. The molecule has 13 heavy (non-hydrogen) atoms. The normalized spacial score (nSPS) is 11.2. The van der Waals surface area contributed by atoms with Crippen molar-refractivity contribution in [1.82, 2.24) is 19.7 Å². The summed E-state index contributed by atoms with van der Waals surface area (Å²) in [5.41, 5.74) is 5.44. The Morgan fingerprint density at radius 1 is 1.46 bits per heavy atom. The van der Waals surface area contributed by atoms with Gasteiger partial charge in [-0.1, -0.05) is 0 Å². The fourth-order valence-electron chi connectivity index (χ4n) is 1.13. The van der Waals surface area contributed by atoms with E-state index in [1.807, 2.05) is 25.6 Å². The van der Waals surface area contributed by atoms with Gasteiger partial charge in [-0.2, -0.15) is 0 Å². The summed E-state index contributed by atoms with van der Waals surface area (Å²) in [7, 11) is 4.00. The summed E-state index contributed by atoms with van der Waals surface area (Å²) < 4.78 is 1.99. The Bertz CT molecular complexity index is 267. The zero-order valence-electron chi connectivity index (χ0n) is 8.49. The molecule has 5 nitrogen and oxygen atoms in total. The molecule has 0 unspecified atom stereocenters. The van der Waals surface area contributed by atoms with Gasteiger partial charge >= 0.3 is 0 Å². The SMILES string of the molecule is Cc1nnc(CN(C)CCN)n1C. The molecule has 0 bridgehead atoms. The van der Waals surface area contributed by atoms with Crippen molar-refractivity contribution in [2.45, 2.75) is 13.5 Å². The first-order valence-electron chi connectivity index (χ1n) is 4.38. The first kappa shape index (κ1) is 10.1. The topological polar surface area (TPSA) is 60.0 Å². The number of hydrogen-bond acceptors (Lipinski definition) is 4. The van der Waals surface area contributed by atoms with E-state index in [1.54, 1.807) is 0 Å². The van der Waals surface area contributed by atoms with Gasteiger partial charge in [0, 0.05) is 20.1 Å².